The highest BCUT2D eigenvalue weighted by molar-refractivity contribution is 5.65. The second-order valence-corrected chi connectivity index (χ2v) is 8.00. The molecule has 1 N–H and O–H groups in total. The van der Waals surface area contributed by atoms with Gasteiger partial charge in [-0.1, -0.05) is 0 Å². The Morgan fingerprint density at radius 2 is 1.76 bits per heavy atom. The predicted molar refractivity (Wildman–Crippen MR) is 108 cm³/mol. The number of piperazine rings is 1. The molecule has 1 saturated carbocycles. The zero-order valence-corrected chi connectivity index (χ0v) is 16.5. The first kappa shape index (κ1) is 19.8. The van der Waals surface area contributed by atoms with Gasteiger partial charge >= 0.3 is 6.09 Å². The number of hydrogen-bond acceptors (Lipinski definition) is 3. The van der Waals surface area contributed by atoms with Crippen molar-refractivity contribution in [1.82, 2.24) is 14.4 Å². The van der Waals surface area contributed by atoms with Gasteiger partial charge < -0.3 is 19.3 Å². The molecule has 1 saturated heterocycles. The monoisotopic (exact) mass is 401 g/mol. The molecule has 156 valence electrons. The van der Waals surface area contributed by atoms with Crippen LogP contribution in [0.25, 0.3) is 5.69 Å². The Bertz CT molecular complexity index is 811. The first-order chi connectivity index (χ1) is 14.1. The summed E-state index contributed by atoms with van der Waals surface area (Å²) in [6.45, 7) is 3.36. The van der Waals surface area contributed by atoms with E-state index in [1.54, 1.807) is 6.07 Å². The molecule has 1 aliphatic heterocycles. The lowest BCUT2D eigenvalue weighted by Crippen LogP contribution is -2.52. The van der Waals surface area contributed by atoms with Crippen molar-refractivity contribution in [3.63, 3.8) is 0 Å². The molecule has 1 aromatic carbocycles. The Morgan fingerprint density at radius 3 is 2.38 bits per heavy atom. The van der Waals surface area contributed by atoms with Crippen LogP contribution in [0.5, 0.6) is 5.75 Å². The van der Waals surface area contributed by atoms with Gasteiger partial charge in [0.15, 0.2) is 11.6 Å². The minimum Gasteiger partial charge on any atom is -0.490 e. The van der Waals surface area contributed by atoms with Crippen molar-refractivity contribution < 1.29 is 19.0 Å². The molecule has 0 atom stereocenters. The van der Waals surface area contributed by atoms with Gasteiger partial charge in [0.1, 0.15) is 0 Å². The van der Waals surface area contributed by atoms with E-state index in [2.05, 4.69) is 4.90 Å². The van der Waals surface area contributed by atoms with Crippen molar-refractivity contribution >= 4 is 6.09 Å². The number of benzene rings is 1. The molecule has 2 aliphatic rings. The van der Waals surface area contributed by atoms with Crippen molar-refractivity contribution in [3.05, 3.63) is 48.5 Å². The first-order valence-electron chi connectivity index (χ1n) is 10.4. The van der Waals surface area contributed by atoms with E-state index in [1.807, 2.05) is 35.2 Å². The second kappa shape index (κ2) is 8.86. The van der Waals surface area contributed by atoms with Gasteiger partial charge in [0.25, 0.3) is 0 Å². The highest BCUT2D eigenvalue weighted by Crippen LogP contribution is 2.29. The summed E-state index contributed by atoms with van der Waals surface area (Å²) in [5.41, 5.74) is 0.781. The van der Waals surface area contributed by atoms with Gasteiger partial charge in [-0.3, -0.25) is 4.90 Å². The minimum absolute atomic E-state index is 0.313. The summed E-state index contributed by atoms with van der Waals surface area (Å²) < 4.78 is 22.1. The fraction of sp³-hybridized carbons (Fsp3) is 0.500. The van der Waals surface area contributed by atoms with Crippen LogP contribution < -0.4 is 4.74 Å². The fourth-order valence-electron chi connectivity index (χ4n) is 4.44. The summed E-state index contributed by atoms with van der Waals surface area (Å²) in [6, 6.07) is 9.42. The number of halogens is 1. The van der Waals surface area contributed by atoms with Crippen LogP contribution in [0, 0.1) is 11.7 Å². The fourth-order valence-corrected chi connectivity index (χ4v) is 4.44. The van der Waals surface area contributed by atoms with E-state index >= 15 is 0 Å². The van der Waals surface area contributed by atoms with Gasteiger partial charge in [-0.25, -0.2) is 9.18 Å². The van der Waals surface area contributed by atoms with Crippen molar-refractivity contribution in [3.8, 4) is 11.4 Å². The molecule has 2 fully saturated rings. The van der Waals surface area contributed by atoms with Crippen LogP contribution in [0.1, 0.15) is 25.7 Å². The average molecular weight is 401 g/mol. The molecule has 1 aliphatic carbocycles. The quantitative estimate of drug-likeness (QED) is 0.827. The van der Waals surface area contributed by atoms with Crippen LogP contribution in [0.4, 0.5) is 9.18 Å². The highest BCUT2D eigenvalue weighted by Gasteiger charge is 2.29. The third-order valence-electron chi connectivity index (χ3n) is 6.21. The Kier molecular flexibility index (Phi) is 6.04. The number of amides is 1. The maximum absolute atomic E-state index is 14.4. The summed E-state index contributed by atoms with van der Waals surface area (Å²) in [6.07, 6.45) is 7.26. The highest BCUT2D eigenvalue weighted by atomic mass is 19.1. The zero-order chi connectivity index (χ0) is 20.2. The number of ether oxygens (including phenoxy) is 1. The number of aromatic nitrogens is 1. The SMILES string of the molecule is O=C(O)N1CCN([C@H]2CC[C@H](COc3ccc(-n4cccc4)cc3F)CC2)CC1. The zero-order valence-electron chi connectivity index (χ0n) is 16.5. The molecule has 1 aromatic heterocycles. The summed E-state index contributed by atoms with van der Waals surface area (Å²) in [5.74, 6) is 0.420. The molecule has 0 unspecified atom stereocenters. The summed E-state index contributed by atoms with van der Waals surface area (Å²) in [5, 5.41) is 9.07. The van der Waals surface area contributed by atoms with Gasteiger partial charge in [-0.15, -0.1) is 0 Å². The van der Waals surface area contributed by atoms with Crippen LogP contribution in [-0.4, -0.2) is 64.4 Å². The summed E-state index contributed by atoms with van der Waals surface area (Å²) in [7, 11) is 0. The number of carbonyl (C=O) groups is 1. The van der Waals surface area contributed by atoms with Crippen LogP contribution in [-0.2, 0) is 0 Å². The molecule has 29 heavy (non-hydrogen) atoms. The van der Waals surface area contributed by atoms with Gasteiger partial charge in [-0.05, 0) is 55.9 Å². The Labute approximate surface area is 170 Å². The Hall–Kier alpha value is -2.54. The van der Waals surface area contributed by atoms with Gasteiger partial charge in [0, 0.05) is 56.4 Å². The summed E-state index contributed by atoms with van der Waals surface area (Å²) in [4.78, 5) is 15.0. The first-order valence-corrected chi connectivity index (χ1v) is 10.4. The van der Waals surface area contributed by atoms with Crippen LogP contribution in [0.2, 0.25) is 0 Å². The number of rotatable bonds is 5. The molecule has 6 nitrogen and oxygen atoms in total. The van der Waals surface area contributed by atoms with Gasteiger partial charge in [0.2, 0.25) is 0 Å². The number of hydrogen-bond donors (Lipinski definition) is 1. The molecule has 4 rings (SSSR count). The third-order valence-corrected chi connectivity index (χ3v) is 6.21. The van der Waals surface area contributed by atoms with Crippen molar-refractivity contribution in [2.75, 3.05) is 32.8 Å². The van der Waals surface area contributed by atoms with E-state index < -0.39 is 6.09 Å². The van der Waals surface area contributed by atoms with Crippen molar-refractivity contribution in [2.24, 2.45) is 5.92 Å². The van der Waals surface area contributed by atoms with Crippen molar-refractivity contribution in [2.45, 2.75) is 31.7 Å². The standard InChI is InChI=1S/C22H28FN3O3/c23-20-15-19(24-9-1-2-10-24)7-8-21(20)29-16-17-3-5-18(6-4-17)25-11-13-26(14-12-25)22(27)28/h1-2,7-10,15,17-18H,3-6,11-14,16H2,(H,27,28)/t17-,18-. The molecular weight excluding hydrogens is 373 g/mol. The van der Waals surface area contributed by atoms with E-state index in [-0.39, 0.29) is 5.82 Å². The lowest BCUT2D eigenvalue weighted by atomic mass is 9.85. The van der Waals surface area contributed by atoms with Gasteiger partial charge in [0.05, 0.1) is 6.61 Å². The smallest absolute Gasteiger partial charge is 0.407 e. The van der Waals surface area contributed by atoms with Gasteiger partial charge in [-0.2, -0.15) is 0 Å². The normalized spacial score (nSPS) is 23.1. The molecular formula is C22H28FN3O3. The third kappa shape index (κ3) is 4.72. The molecule has 2 aromatic rings. The molecule has 0 radical (unpaired) electrons. The van der Waals surface area contributed by atoms with E-state index in [0.717, 1.165) is 44.5 Å². The number of carboxylic acid groups (broad SMARTS) is 1. The van der Waals surface area contributed by atoms with Crippen molar-refractivity contribution in [1.29, 1.82) is 0 Å². The Balaban J connectivity index is 1.23. The molecule has 0 spiro atoms. The second-order valence-electron chi connectivity index (χ2n) is 8.00. The minimum atomic E-state index is -0.820. The maximum Gasteiger partial charge on any atom is 0.407 e. The largest absolute Gasteiger partial charge is 0.490 e. The summed E-state index contributed by atoms with van der Waals surface area (Å²) >= 11 is 0. The van der Waals surface area contributed by atoms with E-state index in [9.17, 15) is 9.18 Å². The van der Waals surface area contributed by atoms with Crippen LogP contribution in [0.15, 0.2) is 42.7 Å². The van der Waals surface area contributed by atoms with E-state index in [1.165, 1.54) is 11.0 Å². The average Bonchev–Trinajstić information content (AvgIpc) is 3.28. The lowest BCUT2D eigenvalue weighted by Gasteiger charge is -2.41. The molecule has 0 bridgehead atoms. The number of nitrogens with zero attached hydrogens (tertiary/aromatic N) is 3. The lowest BCUT2D eigenvalue weighted by molar-refractivity contribution is 0.0616. The van der Waals surface area contributed by atoms with E-state index in [4.69, 9.17) is 9.84 Å². The molecule has 2 heterocycles. The Morgan fingerprint density at radius 1 is 1.07 bits per heavy atom. The van der Waals surface area contributed by atoms with Crippen LogP contribution >= 0.6 is 0 Å². The predicted octanol–water partition coefficient (Wildman–Crippen LogP) is 3.85. The van der Waals surface area contributed by atoms with E-state index in [0.29, 0.717) is 37.4 Å². The molecule has 7 heteroatoms. The molecule has 1 amide bonds. The maximum atomic E-state index is 14.4. The van der Waals surface area contributed by atoms with Crippen LogP contribution in [0.3, 0.4) is 0 Å². The topological polar surface area (TPSA) is 57.9 Å².